The molecule has 2 N–H and O–H groups in total. The topological polar surface area (TPSA) is 79.5 Å². The molecule has 1 aromatic rings. The van der Waals surface area contributed by atoms with E-state index < -0.39 is 10.0 Å². The summed E-state index contributed by atoms with van der Waals surface area (Å²) in [4.78, 5) is 6.05. The lowest BCUT2D eigenvalue weighted by Gasteiger charge is -2.21. The monoisotopic (exact) mass is 300 g/mol. The number of nitrogens with zero attached hydrogens (tertiary/aromatic N) is 3. The largest absolute Gasteiger partial charge is 0.326 e. The number of rotatable bonds is 8. The van der Waals surface area contributed by atoms with Gasteiger partial charge < -0.3 is 10.6 Å². The number of hydrogen-bond donors (Lipinski definition) is 1. The fourth-order valence-corrected chi connectivity index (χ4v) is 3.23. The first kappa shape index (κ1) is 17.0. The van der Waals surface area contributed by atoms with Gasteiger partial charge >= 0.3 is 0 Å². The lowest BCUT2D eigenvalue weighted by atomic mass is 10.3. The molecule has 0 unspecified atom stereocenters. The molecule has 0 spiro atoms. The van der Waals surface area contributed by atoms with Gasteiger partial charge in [0.15, 0.2) is 5.03 Å². The Labute approximate surface area is 121 Å². The van der Waals surface area contributed by atoms with Gasteiger partial charge in [0.1, 0.15) is 0 Å². The average molecular weight is 300 g/mol. The molecule has 0 fully saturated rings. The lowest BCUT2D eigenvalue weighted by molar-refractivity contribution is 0.355. The highest BCUT2D eigenvalue weighted by Gasteiger charge is 2.23. The molecular formula is C13H24N4O2S. The van der Waals surface area contributed by atoms with Crippen LogP contribution >= 0.6 is 0 Å². The molecule has 1 aromatic heterocycles. The van der Waals surface area contributed by atoms with Gasteiger partial charge in [0.25, 0.3) is 10.0 Å². The number of hydrogen-bond acceptors (Lipinski definition) is 5. The van der Waals surface area contributed by atoms with E-state index in [9.17, 15) is 8.42 Å². The van der Waals surface area contributed by atoms with E-state index in [1.165, 1.54) is 16.6 Å². The molecule has 0 saturated carbocycles. The highest BCUT2D eigenvalue weighted by atomic mass is 32.2. The molecule has 7 heteroatoms. The quantitative estimate of drug-likeness (QED) is 0.756. The maximum Gasteiger partial charge on any atom is 0.260 e. The first-order chi connectivity index (χ1) is 9.41. The fraction of sp³-hybridized carbons (Fsp3) is 0.615. The van der Waals surface area contributed by atoms with Gasteiger partial charge in [0.2, 0.25) is 0 Å². The van der Waals surface area contributed by atoms with Gasteiger partial charge in [-0.05, 0) is 38.7 Å². The maximum absolute atomic E-state index is 12.5. The van der Waals surface area contributed by atoms with Crippen molar-refractivity contribution in [2.24, 2.45) is 5.73 Å². The Balaban J connectivity index is 2.82. The van der Waals surface area contributed by atoms with E-state index in [1.54, 1.807) is 6.07 Å². The minimum absolute atomic E-state index is 0.0846. The van der Waals surface area contributed by atoms with Crippen molar-refractivity contribution in [2.75, 3.05) is 33.7 Å². The molecule has 0 radical (unpaired) electrons. The van der Waals surface area contributed by atoms with Gasteiger partial charge in [-0.15, -0.1) is 0 Å². The van der Waals surface area contributed by atoms with Crippen LogP contribution in [0.5, 0.6) is 0 Å². The summed E-state index contributed by atoms with van der Waals surface area (Å²) in [6.07, 6.45) is 2.31. The van der Waals surface area contributed by atoms with E-state index in [0.29, 0.717) is 19.6 Å². The van der Waals surface area contributed by atoms with Gasteiger partial charge in [-0.2, -0.15) is 4.31 Å². The molecule has 0 bridgehead atoms. The second kappa shape index (κ2) is 7.68. The standard InChI is InChI=1S/C13H24N4O2S/c1-4-17(9-5-8-16(2)3)20(18,19)13-7-6-12(10-14)11-15-13/h6-7,11H,4-5,8-10,14H2,1-3H3. The third-order valence-electron chi connectivity index (χ3n) is 3.00. The van der Waals surface area contributed by atoms with E-state index in [1.807, 2.05) is 25.9 Å². The summed E-state index contributed by atoms with van der Waals surface area (Å²) >= 11 is 0. The zero-order valence-corrected chi connectivity index (χ0v) is 13.2. The summed E-state index contributed by atoms with van der Waals surface area (Å²) in [6, 6.07) is 3.22. The van der Waals surface area contributed by atoms with Crippen molar-refractivity contribution in [3.63, 3.8) is 0 Å². The SMILES string of the molecule is CCN(CCCN(C)C)S(=O)(=O)c1ccc(CN)cn1. The molecule has 1 heterocycles. The molecule has 1 rings (SSSR count). The highest BCUT2D eigenvalue weighted by Crippen LogP contribution is 2.14. The summed E-state index contributed by atoms with van der Waals surface area (Å²) in [6.45, 7) is 3.98. The first-order valence-corrected chi connectivity index (χ1v) is 8.15. The van der Waals surface area contributed by atoms with Gasteiger partial charge in [0.05, 0.1) is 0 Å². The molecule has 6 nitrogen and oxygen atoms in total. The van der Waals surface area contributed by atoms with Crippen molar-refractivity contribution in [2.45, 2.75) is 24.9 Å². The zero-order chi connectivity index (χ0) is 15.2. The maximum atomic E-state index is 12.5. The number of sulfonamides is 1. The second-order valence-corrected chi connectivity index (χ2v) is 6.75. The Morgan fingerprint density at radius 3 is 2.40 bits per heavy atom. The Morgan fingerprint density at radius 2 is 1.95 bits per heavy atom. The normalized spacial score (nSPS) is 12.3. The number of pyridine rings is 1. The molecule has 0 aromatic carbocycles. The van der Waals surface area contributed by atoms with Gasteiger partial charge in [0, 0.05) is 25.8 Å². The fourth-order valence-electron chi connectivity index (χ4n) is 1.83. The predicted molar refractivity (Wildman–Crippen MR) is 79.7 cm³/mol. The Hall–Kier alpha value is -1.02. The molecule has 0 aliphatic rings. The Kier molecular flexibility index (Phi) is 6.54. The van der Waals surface area contributed by atoms with E-state index in [0.717, 1.165) is 18.5 Å². The van der Waals surface area contributed by atoms with Crippen LogP contribution in [0.1, 0.15) is 18.9 Å². The van der Waals surface area contributed by atoms with Crippen LogP contribution in [0, 0.1) is 0 Å². The summed E-state index contributed by atoms with van der Waals surface area (Å²) in [5.74, 6) is 0. The number of aromatic nitrogens is 1. The predicted octanol–water partition coefficient (Wildman–Crippen LogP) is 0.503. The minimum Gasteiger partial charge on any atom is -0.326 e. The summed E-state index contributed by atoms with van der Waals surface area (Å²) in [7, 11) is 0.429. The molecule has 0 amide bonds. The van der Waals surface area contributed by atoms with E-state index in [4.69, 9.17) is 5.73 Å². The summed E-state index contributed by atoms with van der Waals surface area (Å²) in [5.41, 5.74) is 6.30. The van der Waals surface area contributed by atoms with Crippen LogP contribution in [0.4, 0.5) is 0 Å². The van der Waals surface area contributed by atoms with Crippen molar-refractivity contribution in [3.05, 3.63) is 23.9 Å². The molecule has 0 saturated heterocycles. The van der Waals surface area contributed by atoms with Crippen molar-refractivity contribution in [1.29, 1.82) is 0 Å². The molecule has 0 aliphatic carbocycles. The van der Waals surface area contributed by atoms with Gasteiger partial charge in [-0.1, -0.05) is 13.0 Å². The molecular weight excluding hydrogens is 276 g/mol. The van der Waals surface area contributed by atoms with Crippen LogP contribution in [0.25, 0.3) is 0 Å². The molecule has 20 heavy (non-hydrogen) atoms. The minimum atomic E-state index is -3.51. The Bertz CT molecular complexity index is 500. The average Bonchev–Trinajstić information content (AvgIpc) is 2.43. The van der Waals surface area contributed by atoms with Crippen molar-refractivity contribution >= 4 is 10.0 Å². The highest BCUT2D eigenvalue weighted by molar-refractivity contribution is 7.89. The van der Waals surface area contributed by atoms with Crippen LogP contribution in [0.2, 0.25) is 0 Å². The van der Waals surface area contributed by atoms with Crippen LogP contribution in [-0.2, 0) is 16.6 Å². The first-order valence-electron chi connectivity index (χ1n) is 6.71. The molecule has 0 atom stereocenters. The van der Waals surface area contributed by atoms with Crippen LogP contribution in [-0.4, -0.2) is 56.3 Å². The second-order valence-electron chi connectivity index (χ2n) is 4.86. The molecule has 0 aliphatic heterocycles. The third-order valence-corrected chi connectivity index (χ3v) is 4.89. The molecule has 114 valence electrons. The number of nitrogens with two attached hydrogens (primary N) is 1. The lowest BCUT2D eigenvalue weighted by Crippen LogP contribution is -2.33. The van der Waals surface area contributed by atoms with E-state index in [-0.39, 0.29) is 5.03 Å². The van der Waals surface area contributed by atoms with Crippen LogP contribution in [0.3, 0.4) is 0 Å². The van der Waals surface area contributed by atoms with Crippen LogP contribution < -0.4 is 5.73 Å². The van der Waals surface area contributed by atoms with Gasteiger partial charge in [-0.25, -0.2) is 13.4 Å². The summed E-state index contributed by atoms with van der Waals surface area (Å²) in [5, 5.41) is 0.0846. The van der Waals surface area contributed by atoms with E-state index >= 15 is 0 Å². The van der Waals surface area contributed by atoms with Crippen LogP contribution in [0.15, 0.2) is 23.4 Å². The van der Waals surface area contributed by atoms with Crippen molar-refractivity contribution < 1.29 is 8.42 Å². The summed E-state index contributed by atoms with van der Waals surface area (Å²) < 4.78 is 26.4. The smallest absolute Gasteiger partial charge is 0.260 e. The van der Waals surface area contributed by atoms with Crippen molar-refractivity contribution in [3.8, 4) is 0 Å². The van der Waals surface area contributed by atoms with E-state index in [2.05, 4.69) is 4.98 Å². The van der Waals surface area contributed by atoms with Gasteiger partial charge in [-0.3, -0.25) is 0 Å². The third kappa shape index (κ3) is 4.52. The zero-order valence-electron chi connectivity index (χ0n) is 12.4. The van der Waals surface area contributed by atoms with Crippen molar-refractivity contribution in [1.82, 2.24) is 14.2 Å². The Morgan fingerprint density at radius 1 is 1.25 bits per heavy atom.